The highest BCUT2D eigenvalue weighted by Gasteiger charge is 2.17. The molecule has 0 saturated carbocycles. The van der Waals surface area contributed by atoms with Crippen LogP contribution in [-0.4, -0.2) is 21.6 Å². The van der Waals surface area contributed by atoms with Gasteiger partial charge in [-0.15, -0.1) is 0 Å². The maximum absolute atomic E-state index is 9.64. The largest absolute Gasteiger partial charge is 0.497 e. The van der Waals surface area contributed by atoms with Gasteiger partial charge >= 0.3 is 0 Å². The van der Waals surface area contributed by atoms with Crippen molar-refractivity contribution < 1.29 is 4.74 Å². The molecule has 3 aromatic heterocycles. The van der Waals surface area contributed by atoms with Crippen LogP contribution in [0.4, 0.5) is 5.82 Å². The van der Waals surface area contributed by atoms with Crippen LogP contribution < -0.4 is 10.5 Å². The fourth-order valence-corrected chi connectivity index (χ4v) is 3.23. The zero-order valence-corrected chi connectivity index (χ0v) is 14.4. The number of hydrogen-bond acceptors (Lipinski definition) is 4. The number of nitrogens with zero attached hydrogens (tertiary/aromatic N) is 3. The number of methoxy groups -OCH3 is 1. The predicted molar refractivity (Wildman–Crippen MR) is 102 cm³/mol. The number of pyridine rings is 1. The Hall–Kier alpha value is -3.72. The van der Waals surface area contributed by atoms with Gasteiger partial charge in [0.2, 0.25) is 0 Å². The zero-order chi connectivity index (χ0) is 18.3. The molecule has 0 aliphatic heterocycles. The SMILES string of the molecule is COc1ccc2c(-c3cc(-c4cc[nH]c4)nc(N)c3C#N)cn(C)c2c1. The summed E-state index contributed by atoms with van der Waals surface area (Å²) in [6.07, 6.45) is 5.68. The summed E-state index contributed by atoms with van der Waals surface area (Å²) in [4.78, 5) is 7.41. The Bertz CT molecular complexity index is 1150. The summed E-state index contributed by atoms with van der Waals surface area (Å²) in [5.74, 6) is 1.01. The molecule has 3 heterocycles. The first-order valence-electron chi connectivity index (χ1n) is 8.09. The lowest BCUT2D eigenvalue weighted by Gasteiger charge is -2.09. The number of nitrogens with one attached hydrogen (secondary N) is 1. The molecule has 4 rings (SSSR count). The van der Waals surface area contributed by atoms with E-state index in [-0.39, 0.29) is 5.82 Å². The van der Waals surface area contributed by atoms with E-state index in [9.17, 15) is 5.26 Å². The third-order valence-electron chi connectivity index (χ3n) is 4.54. The molecular formula is C20H17N5O. The number of nitriles is 1. The summed E-state index contributed by atoms with van der Waals surface area (Å²) < 4.78 is 7.34. The average Bonchev–Trinajstić information content (AvgIpc) is 3.29. The van der Waals surface area contributed by atoms with Crippen molar-refractivity contribution in [3.05, 3.63) is 54.5 Å². The molecule has 0 unspecified atom stereocenters. The average molecular weight is 343 g/mol. The first kappa shape index (κ1) is 15.8. The van der Waals surface area contributed by atoms with E-state index >= 15 is 0 Å². The topological polar surface area (TPSA) is 92.7 Å². The van der Waals surface area contributed by atoms with Gasteiger partial charge in [-0.2, -0.15) is 5.26 Å². The van der Waals surface area contributed by atoms with Crippen LogP contribution in [0, 0.1) is 11.3 Å². The van der Waals surface area contributed by atoms with Crippen LogP contribution >= 0.6 is 0 Å². The summed E-state index contributed by atoms with van der Waals surface area (Å²) in [5, 5.41) is 10.7. The van der Waals surface area contributed by atoms with Crippen molar-refractivity contribution in [2.45, 2.75) is 0 Å². The molecule has 0 saturated heterocycles. The number of ether oxygens (including phenoxy) is 1. The van der Waals surface area contributed by atoms with Crippen molar-refractivity contribution >= 4 is 16.7 Å². The number of aromatic amines is 1. The van der Waals surface area contributed by atoms with Crippen LogP contribution in [0.1, 0.15) is 5.56 Å². The van der Waals surface area contributed by atoms with E-state index in [1.807, 2.05) is 60.5 Å². The molecule has 0 radical (unpaired) electrons. The van der Waals surface area contributed by atoms with Crippen LogP contribution in [0.15, 0.2) is 48.9 Å². The second kappa shape index (κ2) is 5.97. The van der Waals surface area contributed by atoms with Crippen LogP contribution in [0.3, 0.4) is 0 Å². The molecule has 0 fully saturated rings. The normalized spacial score (nSPS) is 10.8. The number of nitrogens with two attached hydrogens (primary N) is 1. The van der Waals surface area contributed by atoms with Crippen molar-refractivity contribution in [2.24, 2.45) is 7.05 Å². The second-order valence-electron chi connectivity index (χ2n) is 6.06. The van der Waals surface area contributed by atoms with Crippen molar-refractivity contribution in [3.63, 3.8) is 0 Å². The molecule has 6 heteroatoms. The highest BCUT2D eigenvalue weighted by Crippen LogP contribution is 2.37. The molecule has 0 aliphatic carbocycles. The third kappa shape index (κ3) is 2.38. The van der Waals surface area contributed by atoms with Gasteiger partial charge in [0.25, 0.3) is 0 Å². The van der Waals surface area contributed by atoms with Gasteiger partial charge < -0.3 is 20.0 Å². The smallest absolute Gasteiger partial charge is 0.142 e. The van der Waals surface area contributed by atoms with Crippen LogP contribution in [0.5, 0.6) is 5.75 Å². The van der Waals surface area contributed by atoms with Gasteiger partial charge in [0.05, 0.1) is 18.3 Å². The molecule has 0 amide bonds. The number of aryl methyl sites for hydroxylation is 1. The molecule has 1 aromatic carbocycles. The summed E-state index contributed by atoms with van der Waals surface area (Å²) >= 11 is 0. The summed E-state index contributed by atoms with van der Waals surface area (Å²) in [5.41, 5.74) is 10.9. The van der Waals surface area contributed by atoms with E-state index in [1.165, 1.54) is 0 Å². The number of fused-ring (bicyclic) bond motifs is 1. The minimum absolute atomic E-state index is 0.228. The monoisotopic (exact) mass is 343 g/mol. The van der Waals surface area contributed by atoms with Crippen molar-refractivity contribution in [1.29, 1.82) is 5.26 Å². The van der Waals surface area contributed by atoms with Gasteiger partial charge in [0, 0.05) is 53.8 Å². The Morgan fingerprint density at radius 1 is 1.23 bits per heavy atom. The lowest BCUT2D eigenvalue weighted by atomic mass is 9.98. The van der Waals surface area contributed by atoms with Gasteiger partial charge in [-0.05, 0) is 24.3 Å². The van der Waals surface area contributed by atoms with Crippen molar-refractivity contribution in [1.82, 2.24) is 14.5 Å². The quantitative estimate of drug-likeness (QED) is 0.593. The summed E-state index contributed by atoms with van der Waals surface area (Å²) in [6, 6.07) is 11.9. The number of rotatable bonds is 3. The van der Waals surface area contributed by atoms with Gasteiger partial charge in [-0.1, -0.05) is 0 Å². The molecule has 0 bridgehead atoms. The molecule has 0 atom stereocenters. The van der Waals surface area contributed by atoms with E-state index < -0.39 is 0 Å². The summed E-state index contributed by atoms with van der Waals surface area (Å²) in [6.45, 7) is 0. The minimum Gasteiger partial charge on any atom is -0.497 e. The Morgan fingerprint density at radius 2 is 2.08 bits per heavy atom. The Kier molecular flexibility index (Phi) is 3.63. The van der Waals surface area contributed by atoms with Crippen LogP contribution in [0.2, 0.25) is 0 Å². The summed E-state index contributed by atoms with van der Waals surface area (Å²) in [7, 11) is 3.61. The number of aromatic nitrogens is 3. The number of hydrogen-bond donors (Lipinski definition) is 2. The van der Waals surface area contributed by atoms with Gasteiger partial charge in [-0.3, -0.25) is 0 Å². The zero-order valence-electron chi connectivity index (χ0n) is 14.4. The Labute approximate surface area is 150 Å². The molecule has 0 aliphatic rings. The molecule has 4 aromatic rings. The first-order valence-corrected chi connectivity index (χ1v) is 8.09. The third-order valence-corrected chi connectivity index (χ3v) is 4.54. The standard InChI is InChI=1S/C20H17N5O/c1-25-11-17(14-4-3-13(26-2)7-19(14)25)15-8-18(12-5-6-23-10-12)24-20(22)16(15)9-21/h3-8,10-11,23H,1-2H3,(H2,22,24). The lowest BCUT2D eigenvalue weighted by Crippen LogP contribution is -1.99. The molecular weight excluding hydrogens is 326 g/mol. The molecule has 3 N–H and O–H groups in total. The number of H-pyrrole nitrogens is 1. The molecule has 0 spiro atoms. The Morgan fingerprint density at radius 3 is 2.77 bits per heavy atom. The molecule has 26 heavy (non-hydrogen) atoms. The highest BCUT2D eigenvalue weighted by atomic mass is 16.5. The van der Waals surface area contributed by atoms with E-state index in [4.69, 9.17) is 10.5 Å². The van der Waals surface area contributed by atoms with Gasteiger partial charge in [0.15, 0.2) is 0 Å². The van der Waals surface area contributed by atoms with Crippen molar-refractivity contribution in [3.8, 4) is 34.2 Å². The minimum atomic E-state index is 0.228. The fraction of sp³-hybridized carbons (Fsp3) is 0.100. The van der Waals surface area contributed by atoms with E-state index in [0.717, 1.165) is 39.0 Å². The maximum Gasteiger partial charge on any atom is 0.142 e. The Balaban J connectivity index is 2.01. The maximum atomic E-state index is 9.64. The van der Waals surface area contributed by atoms with E-state index in [0.29, 0.717) is 5.56 Å². The molecule has 128 valence electrons. The second-order valence-corrected chi connectivity index (χ2v) is 6.06. The number of anilines is 1. The number of benzene rings is 1. The lowest BCUT2D eigenvalue weighted by molar-refractivity contribution is 0.415. The first-order chi connectivity index (χ1) is 12.6. The number of nitrogen functional groups attached to an aromatic ring is 1. The highest BCUT2D eigenvalue weighted by molar-refractivity contribution is 5.99. The van der Waals surface area contributed by atoms with Crippen LogP contribution in [-0.2, 0) is 7.05 Å². The molecule has 6 nitrogen and oxygen atoms in total. The van der Waals surface area contributed by atoms with Gasteiger partial charge in [0.1, 0.15) is 23.2 Å². The fourth-order valence-electron chi connectivity index (χ4n) is 3.23. The van der Waals surface area contributed by atoms with Crippen LogP contribution in [0.25, 0.3) is 33.3 Å². The van der Waals surface area contributed by atoms with E-state index in [1.54, 1.807) is 7.11 Å². The predicted octanol–water partition coefficient (Wildman–Crippen LogP) is 3.70. The van der Waals surface area contributed by atoms with E-state index in [2.05, 4.69) is 16.0 Å². The van der Waals surface area contributed by atoms with Crippen molar-refractivity contribution in [2.75, 3.05) is 12.8 Å². The van der Waals surface area contributed by atoms with Gasteiger partial charge in [-0.25, -0.2) is 4.98 Å².